The summed E-state index contributed by atoms with van der Waals surface area (Å²) in [5.74, 6) is -1.59. The van der Waals surface area contributed by atoms with Crippen LogP contribution in [0, 0.1) is 11.7 Å². The quantitative estimate of drug-likeness (QED) is 0.899. The second-order valence-corrected chi connectivity index (χ2v) is 4.77. The SMILES string of the molecule is COC1CCC(c2ccc(F)cc2)C(C(=O)O)C1. The molecule has 0 aliphatic heterocycles. The molecule has 1 fully saturated rings. The first-order valence-corrected chi connectivity index (χ1v) is 6.13. The molecule has 0 spiro atoms. The normalized spacial score (nSPS) is 28.0. The second-order valence-electron chi connectivity index (χ2n) is 4.77. The minimum absolute atomic E-state index is 0.0165. The highest BCUT2D eigenvalue weighted by Gasteiger charge is 2.36. The average Bonchev–Trinajstić information content (AvgIpc) is 2.39. The van der Waals surface area contributed by atoms with Gasteiger partial charge in [0, 0.05) is 7.11 Å². The largest absolute Gasteiger partial charge is 0.481 e. The Balaban J connectivity index is 2.20. The Morgan fingerprint density at radius 1 is 1.33 bits per heavy atom. The number of benzene rings is 1. The summed E-state index contributed by atoms with van der Waals surface area (Å²) in [4.78, 5) is 11.3. The van der Waals surface area contributed by atoms with Crippen molar-refractivity contribution in [3.05, 3.63) is 35.6 Å². The van der Waals surface area contributed by atoms with Crippen molar-refractivity contribution in [2.24, 2.45) is 5.92 Å². The van der Waals surface area contributed by atoms with Crippen molar-refractivity contribution >= 4 is 5.97 Å². The molecule has 3 atom stereocenters. The molecule has 1 aliphatic carbocycles. The van der Waals surface area contributed by atoms with Gasteiger partial charge in [-0.3, -0.25) is 4.79 Å². The molecular weight excluding hydrogens is 235 g/mol. The summed E-state index contributed by atoms with van der Waals surface area (Å²) in [5.41, 5.74) is 0.901. The van der Waals surface area contributed by atoms with Gasteiger partial charge in [0.2, 0.25) is 0 Å². The lowest BCUT2D eigenvalue weighted by molar-refractivity contribution is -0.145. The Hall–Kier alpha value is -1.42. The number of rotatable bonds is 3. The Morgan fingerprint density at radius 3 is 2.56 bits per heavy atom. The monoisotopic (exact) mass is 252 g/mol. The zero-order valence-corrected chi connectivity index (χ0v) is 10.3. The zero-order valence-electron chi connectivity index (χ0n) is 10.3. The number of carboxylic acid groups (broad SMARTS) is 1. The lowest BCUT2D eigenvalue weighted by atomic mass is 9.74. The van der Waals surface area contributed by atoms with Crippen LogP contribution in [-0.4, -0.2) is 24.3 Å². The van der Waals surface area contributed by atoms with Gasteiger partial charge < -0.3 is 9.84 Å². The van der Waals surface area contributed by atoms with Crippen LogP contribution in [-0.2, 0) is 9.53 Å². The fourth-order valence-corrected chi connectivity index (χ4v) is 2.73. The molecule has 1 saturated carbocycles. The van der Waals surface area contributed by atoms with Gasteiger partial charge in [0.15, 0.2) is 0 Å². The van der Waals surface area contributed by atoms with Gasteiger partial charge in [-0.2, -0.15) is 0 Å². The Labute approximate surface area is 106 Å². The molecule has 1 N–H and O–H groups in total. The molecule has 0 amide bonds. The van der Waals surface area contributed by atoms with E-state index in [1.54, 1.807) is 19.2 Å². The lowest BCUT2D eigenvalue weighted by Gasteiger charge is -2.33. The van der Waals surface area contributed by atoms with E-state index in [1.807, 2.05) is 0 Å². The molecule has 1 aliphatic rings. The molecule has 18 heavy (non-hydrogen) atoms. The van der Waals surface area contributed by atoms with Crippen molar-refractivity contribution in [2.45, 2.75) is 31.3 Å². The highest BCUT2D eigenvalue weighted by Crippen LogP contribution is 2.38. The average molecular weight is 252 g/mol. The molecule has 4 heteroatoms. The molecule has 3 nitrogen and oxygen atoms in total. The van der Waals surface area contributed by atoms with Crippen LogP contribution >= 0.6 is 0 Å². The molecule has 0 bridgehead atoms. The van der Waals surface area contributed by atoms with Crippen LogP contribution in [0.4, 0.5) is 4.39 Å². The molecule has 0 aromatic heterocycles. The molecule has 1 aromatic rings. The van der Waals surface area contributed by atoms with Gasteiger partial charge in [-0.25, -0.2) is 4.39 Å². The van der Waals surface area contributed by atoms with Crippen molar-refractivity contribution < 1.29 is 19.0 Å². The van der Waals surface area contributed by atoms with E-state index in [9.17, 15) is 14.3 Å². The van der Waals surface area contributed by atoms with E-state index < -0.39 is 11.9 Å². The lowest BCUT2D eigenvalue weighted by Crippen LogP contribution is -2.32. The van der Waals surface area contributed by atoms with E-state index in [-0.39, 0.29) is 17.8 Å². The van der Waals surface area contributed by atoms with Gasteiger partial charge in [-0.15, -0.1) is 0 Å². The molecule has 0 saturated heterocycles. The van der Waals surface area contributed by atoms with Crippen molar-refractivity contribution in [2.75, 3.05) is 7.11 Å². The topological polar surface area (TPSA) is 46.5 Å². The van der Waals surface area contributed by atoms with E-state index in [0.29, 0.717) is 6.42 Å². The number of ether oxygens (including phenoxy) is 1. The third-order valence-corrected chi connectivity index (χ3v) is 3.75. The number of hydrogen-bond donors (Lipinski definition) is 1. The van der Waals surface area contributed by atoms with Crippen LogP contribution in [0.15, 0.2) is 24.3 Å². The number of carbonyl (C=O) groups is 1. The number of hydrogen-bond acceptors (Lipinski definition) is 2. The third kappa shape index (κ3) is 2.70. The fraction of sp³-hybridized carbons (Fsp3) is 0.500. The highest BCUT2D eigenvalue weighted by atomic mass is 19.1. The van der Waals surface area contributed by atoms with Crippen LogP contribution < -0.4 is 0 Å². The van der Waals surface area contributed by atoms with Gasteiger partial charge in [0.25, 0.3) is 0 Å². The first-order valence-electron chi connectivity index (χ1n) is 6.13. The number of aliphatic carboxylic acids is 1. The molecule has 0 radical (unpaired) electrons. The molecule has 3 unspecified atom stereocenters. The Bertz CT molecular complexity index is 416. The van der Waals surface area contributed by atoms with Crippen molar-refractivity contribution in [1.29, 1.82) is 0 Å². The van der Waals surface area contributed by atoms with Crippen LogP contribution in [0.3, 0.4) is 0 Å². The van der Waals surface area contributed by atoms with E-state index in [1.165, 1.54) is 12.1 Å². The maximum atomic E-state index is 12.9. The standard InChI is InChI=1S/C14H17FO3/c1-18-11-6-7-12(13(8-11)14(16)17)9-2-4-10(15)5-3-9/h2-5,11-13H,6-8H2,1H3,(H,16,17). The van der Waals surface area contributed by atoms with E-state index in [2.05, 4.69) is 0 Å². The van der Waals surface area contributed by atoms with Gasteiger partial charge in [0.05, 0.1) is 12.0 Å². The summed E-state index contributed by atoms with van der Waals surface area (Å²) in [5, 5.41) is 9.31. The van der Waals surface area contributed by atoms with E-state index >= 15 is 0 Å². The predicted molar refractivity (Wildman–Crippen MR) is 64.9 cm³/mol. The van der Waals surface area contributed by atoms with Gasteiger partial charge in [-0.05, 0) is 42.9 Å². The highest BCUT2D eigenvalue weighted by molar-refractivity contribution is 5.71. The van der Waals surface area contributed by atoms with Crippen LogP contribution in [0.2, 0.25) is 0 Å². The third-order valence-electron chi connectivity index (χ3n) is 3.75. The second kappa shape index (κ2) is 5.48. The summed E-state index contributed by atoms with van der Waals surface area (Å²) in [6, 6.07) is 6.14. The predicted octanol–water partition coefficient (Wildman–Crippen LogP) is 2.81. The van der Waals surface area contributed by atoms with Crippen molar-refractivity contribution in [1.82, 2.24) is 0 Å². The number of halogens is 1. The maximum Gasteiger partial charge on any atom is 0.307 e. The Morgan fingerprint density at radius 2 is 2.00 bits per heavy atom. The van der Waals surface area contributed by atoms with E-state index in [4.69, 9.17) is 4.74 Å². The molecule has 2 rings (SSSR count). The molecule has 1 aromatic carbocycles. The summed E-state index contributed by atoms with van der Waals surface area (Å²) in [6.45, 7) is 0. The zero-order chi connectivity index (χ0) is 13.1. The van der Waals surface area contributed by atoms with Crippen LogP contribution in [0.5, 0.6) is 0 Å². The minimum atomic E-state index is -0.800. The number of carboxylic acids is 1. The molecule has 0 heterocycles. The maximum absolute atomic E-state index is 12.9. The minimum Gasteiger partial charge on any atom is -0.481 e. The molecular formula is C14H17FO3. The van der Waals surface area contributed by atoms with Gasteiger partial charge in [-0.1, -0.05) is 12.1 Å². The van der Waals surface area contributed by atoms with Crippen LogP contribution in [0.1, 0.15) is 30.7 Å². The van der Waals surface area contributed by atoms with Crippen molar-refractivity contribution in [3.63, 3.8) is 0 Å². The molecule has 98 valence electrons. The van der Waals surface area contributed by atoms with Gasteiger partial charge in [0.1, 0.15) is 5.82 Å². The van der Waals surface area contributed by atoms with E-state index in [0.717, 1.165) is 18.4 Å². The first kappa shape index (κ1) is 13.0. The summed E-state index contributed by atoms with van der Waals surface area (Å²) < 4.78 is 18.1. The van der Waals surface area contributed by atoms with Crippen LogP contribution in [0.25, 0.3) is 0 Å². The summed E-state index contributed by atoms with van der Waals surface area (Å²) >= 11 is 0. The summed E-state index contributed by atoms with van der Waals surface area (Å²) in [7, 11) is 1.61. The van der Waals surface area contributed by atoms with Gasteiger partial charge >= 0.3 is 5.97 Å². The fourth-order valence-electron chi connectivity index (χ4n) is 2.73. The van der Waals surface area contributed by atoms with Crippen molar-refractivity contribution in [3.8, 4) is 0 Å². The Kier molecular flexibility index (Phi) is 3.97. The smallest absolute Gasteiger partial charge is 0.307 e. The summed E-state index contributed by atoms with van der Waals surface area (Å²) in [6.07, 6.45) is 2.15. The first-order chi connectivity index (χ1) is 8.61. The number of methoxy groups -OCH3 is 1.